The molecular formula is C20H16ClNO5. The number of hydrogen-bond acceptors (Lipinski definition) is 5. The Kier molecular flexibility index (Phi) is 5.10. The first-order chi connectivity index (χ1) is 12.8. The molecule has 0 spiro atoms. The SMILES string of the molecule is C[C@@H](OC(=O)[C@H](C)N1C(=O)c2ccccc2C1=O)C(=O)c1ccc(Cl)cc1. The van der Waals surface area contributed by atoms with Crippen LogP contribution in [0.15, 0.2) is 48.5 Å². The van der Waals surface area contributed by atoms with E-state index in [2.05, 4.69) is 0 Å². The molecule has 0 N–H and O–H groups in total. The summed E-state index contributed by atoms with van der Waals surface area (Å²) in [6, 6.07) is 11.4. The van der Waals surface area contributed by atoms with Gasteiger partial charge in [-0.1, -0.05) is 23.7 Å². The summed E-state index contributed by atoms with van der Waals surface area (Å²) < 4.78 is 5.20. The Labute approximate surface area is 160 Å². The topological polar surface area (TPSA) is 80.8 Å². The summed E-state index contributed by atoms with van der Waals surface area (Å²) in [6.07, 6.45) is -1.07. The minimum Gasteiger partial charge on any atom is -0.453 e. The van der Waals surface area contributed by atoms with Crippen molar-refractivity contribution in [2.75, 3.05) is 0 Å². The maximum atomic E-state index is 12.4. The van der Waals surface area contributed by atoms with Gasteiger partial charge < -0.3 is 4.74 Å². The van der Waals surface area contributed by atoms with Gasteiger partial charge in [0.25, 0.3) is 11.8 Å². The number of amides is 2. The summed E-state index contributed by atoms with van der Waals surface area (Å²) in [5.74, 6) is -2.36. The molecule has 2 atom stereocenters. The summed E-state index contributed by atoms with van der Waals surface area (Å²) in [7, 11) is 0. The van der Waals surface area contributed by atoms with Crippen LogP contribution in [0.1, 0.15) is 44.9 Å². The molecule has 0 saturated carbocycles. The van der Waals surface area contributed by atoms with Gasteiger partial charge in [0.15, 0.2) is 6.10 Å². The molecule has 7 heteroatoms. The van der Waals surface area contributed by atoms with Gasteiger partial charge in [-0.3, -0.25) is 19.3 Å². The molecule has 0 saturated heterocycles. The largest absolute Gasteiger partial charge is 0.453 e. The van der Waals surface area contributed by atoms with E-state index in [4.69, 9.17) is 16.3 Å². The number of carbonyl (C=O) groups excluding carboxylic acids is 4. The minimum absolute atomic E-state index is 0.243. The predicted molar refractivity (Wildman–Crippen MR) is 97.7 cm³/mol. The average molecular weight is 386 g/mol. The number of Topliss-reactive ketones (excluding diaryl/α,β-unsaturated/α-hetero) is 1. The van der Waals surface area contributed by atoms with E-state index >= 15 is 0 Å². The Morgan fingerprint density at radius 2 is 1.44 bits per heavy atom. The maximum Gasteiger partial charge on any atom is 0.329 e. The van der Waals surface area contributed by atoms with Gasteiger partial charge in [0, 0.05) is 10.6 Å². The lowest BCUT2D eigenvalue weighted by molar-refractivity contribution is -0.150. The predicted octanol–water partition coefficient (Wildman–Crippen LogP) is 3.14. The molecule has 6 nitrogen and oxygen atoms in total. The van der Waals surface area contributed by atoms with Gasteiger partial charge in [0.2, 0.25) is 5.78 Å². The number of esters is 1. The van der Waals surface area contributed by atoms with Gasteiger partial charge in [0.05, 0.1) is 11.1 Å². The van der Waals surface area contributed by atoms with E-state index in [1.165, 1.54) is 38.1 Å². The number of ketones is 1. The normalized spacial score (nSPS) is 15.3. The van der Waals surface area contributed by atoms with E-state index in [-0.39, 0.29) is 11.1 Å². The highest BCUT2D eigenvalue weighted by atomic mass is 35.5. The number of rotatable bonds is 5. The number of nitrogens with zero attached hydrogens (tertiary/aromatic N) is 1. The van der Waals surface area contributed by atoms with Crippen molar-refractivity contribution in [3.8, 4) is 0 Å². The molecule has 1 aliphatic heterocycles. The molecule has 2 amide bonds. The summed E-state index contributed by atoms with van der Waals surface area (Å²) in [5, 5.41) is 0.482. The quantitative estimate of drug-likeness (QED) is 0.448. The summed E-state index contributed by atoms with van der Waals surface area (Å²) in [6.45, 7) is 2.83. The zero-order chi connectivity index (χ0) is 19.7. The van der Waals surface area contributed by atoms with Crippen molar-refractivity contribution in [1.82, 2.24) is 4.90 Å². The molecule has 2 aromatic rings. The molecule has 0 radical (unpaired) electrons. The number of fused-ring (bicyclic) bond motifs is 1. The highest BCUT2D eigenvalue weighted by Gasteiger charge is 2.41. The molecule has 138 valence electrons. The zero-order valence-corrected chi connectivity index (χ0v) is 15.4. The Balaban J connectivity index is 1.71. The molecule has 3 rings (SSSR count). The van der Waals surface area contributed by atoms with Gasteiger partial charge in [-0.15, -0.1) is 0 Å². The number of ether oxygens (including phenoxy) is 1. The molecule has 2 aromatic carbocycles. The lowest BCUT2D eigenvalue weighted by Crippen LogP contribution is -2.45. The third kappa shape index (κ3) is 3.48. The smallest absolute Gasteiger partial charge is 0.329 e. The third-order valence-corrected chi connectivity index (χ3v) is 4.60. The number of imide groups is 1. The lowest BCUT2D eigenvalue weighted by atomic mass is 10.1. The summed E-state index contributed by atoms with van der Waals surface area (Å²) in [5.41, 5.74) is 0.827. The van der Waals surface area contributed by atoms with Crippen LogP contribution in [-0.2, 0) is 9.53 Å². The number of halogens is 1. The maximum absolute atomic E-state index is 12.4. The van der Waals surface area contributed by atoms with Crippen molar-refractivity contribution >= 4 is 35.2 Å². The molecule has 1 aliphatic rings. The van der Waals surface area contributed by atoms with Gasteiger partial charge in [-0.05, 0) is 50.2 Å². The second kappa shape index (κ2) is 7.32. The lowest BCUT2D eigenvalue weighted by Gasteiger charge is -2.22. The van der Waals surface area contributed by atoms with E-state index in [1.54, 1.807) is 24.3 Å². The Morgan fingerprint density at radius 3 is 1.96 bits per heavy atom. The first-order valence-electron chi connectivity index (χ1n) is 8.28. The number of benzene rings is 2. The van der Waals surface area contributed by atoms with Crippen LogP contribution < -0.4 is 0 Å². The monoisotopic (exact) mass is 385 g/mol. The molecular weight excluding hydrogens is 370 g/mol. The van der Waals surface area contributed by atoms with E-state index in [0.717, 1.165) is 4.90 Å². The Morgan fingerprint density at radius 1 is 0.926 bits per heavy atom. The second-order valence-electron chi connectivity index (χ2n) is 6.15. The van der Waals surface area contributed by atoms with Crippen LogP contribution in [0.3, 0.4) is 0 Å². The van der Waals surface area contributed by atoms with Gasteiger partial charge in [-0.2, -0.15) is 0 Å². The second-order valence-corrected chi connectivity index (χ2v) is 6.59. The third-order valence-electron chi connectivity index (χ3n) is 4.34. The average Bonchev–Trinajstić information content (AvgIpc) is 2.92. The Hall–Kier alpha value is -2.99. The molecule has 0 aromatic heterocycles. The van der Waals surface area contributed by atoms with Crippen LogP contribution in [-0.4, -0.2) is 40.6 Å². The highest BCUT2D eigenvalue weighted by Crippen LogP contribution is 2.25. The van der Waals surface area contributed by atoms with Crippen molar-refractivity contribution < 1.29 is 23.9 Å². The van der Waals surface area contributed by atoms with E-state index in [0.29, 0.717) is 10.6 Å². The highest BCUT2D eigenvalue weighted by molar-refractivity contribution is 6.30. The number of hydrogen-bond donors (Lipinski definition) is 0. The first-order valence-corrected chi connectivity index (χ1v) is 8.66. The van der Waals surface area contributed by atoms with Crippen molar-refractivity contribution in [1.29, 1.82) is 0 Å². The molecule has 27 heavy (non-hydrogen) atoms. The van der Waals surface area contributed by atoms with Gasteiger partial charge >= 0.3 is 5.97 Å². The van der Waals surface area contributed by atoms with Crippen molar-refractivity contribution in [2.45, 2.75) is 26.0 Å². The Bertz CT molecular complexity index is 903. The summed E-state index contributed by atoms with van der Waals surface area (Å²) >= 11 is 5.79. The fourth-order valence-electron chi connectivity index (χ4n) is 2.84. The fourth-order valence-corrected chi connectivity index (χ4v) is 2.97. The molecule has 0 aliphatic carbocycles. The van der Waals surface area contributed by atoms with Crippen molar-refractivity contribution in [3.63, 3.8) is 0 Å². The molecule has 0 fully saturated rings. The van der Waals surface area contributed by atoms with Crippen LogP contribution in [0.25, 0.3) is 0 Å². The minimum atomic E-state index is -1.15. The van der Waals surface area contributed by atoms with E-state index in [1.807, 2.05) is 0 Å². The van der Waals surface area contributed by atoms with E-state index < -0.39 is 35.7 Å². The molecule has 0 bridgehead atoms. The van der Waals surface area contributed by atoms with Crippen LogP contribution in [0.2, 0.25) is 5.02 Å². The van der Waals surface area contributed by atoms with Crippen LogP contribution in [0.5, 0.6) is 0 Å². The first kappa shape index (κ1) is 18.8. The molecule has 1 heterocycles. The van der Waals surface area contributed by atoms with Gasteiger partial charge in [-0.25, -0.2) is 4.79 Å². The standard InChI is InChI=1S/C20H16ClNO5/c1-11(22-18(24)15-5-3-4-6-16(15)19(22)25)20(26)27-12(2)17(23)13-7-9-14(21)10-8-13/h3-12H,1-2H3/t11-,12+/m0/s1. The summed E-state index contributed by atoms with van der Waals surface area (Å²) in [4.78, 5) is 50.5. The van der Waals surface area contributed by atoms with Crippen molar-refractivity contribution in [2.24, 2.45) is 0 Å². The zero-order valence-electron chi connectivity index (χ0n) is 14.6. The van der Waals surface area contributed by atoms with Crippen molar-refractivity contribution in [3.05, 3.63) is 70.2 Å². The van der Waals surface area contributed by atoms with Crippen LogP contribution >= 0.6 is 11.6 Å². The van der Waals surface area contributed by atoms with Gasteiger partial charge in [0.1, 0.15) is 6.04 Å². The van der Waals surface area contributed by atoms with Crippen LogP contribution in [0.4, 0.5) is 0 Å². The fraction of sp³-hybridized carbons (Fsp3) is 0.200. The molecule has 0 unspecified atom stereocenters. The van der Waals surface area contributed by atoms with Crippen LogP contribution in [0, 0.1) is 0 Å². The van der Waals surface area contributed by atoms with E-state index in [9.17, 15) is 19.2 Å². The number of carbonyl (C=O) groups is 4.